The second kappa shape index (κ2) is 13.5. The number of hydrogen-bond acceptors (Lipinski definition) is 6. The van der Waals surface area contributed by atoms with Crippen LogP contribution in [0.25, 0.3) is 0 Å². The summed E-state index contributed by atoms with van der Waals surface area (Å²) in [4.78, 5) is 43.1. The van der Waals surface area contributed by atoms with Crippen molar-refractivity contribution in [3.8, 4) is 0 Å². The summed E-state index contributed by atoms with van der Waals surface area (Å²) >= 11 is 6.42. The van der Waals surface area contributed by atoms with Gasteiger partial charge in [-0.2, -0.15) is 0 Å². The third kappa shape index (κ3) is 7.56. The van der Waals surface area contributed by atoms with Crippen molar-refractivity contribution in [1.82, 2.24) is 9.80 Å². The number of likely N-dealkylation sites (tertiary alicyclic amines) is 2. The van der Waals surface area contributed by atoms with Crippen LogP contribution in [0.2, 0.25) is 5.02 Å². The topological polar surface area (TPSA) is 95.1 Å². The number of benzene rings is 2. The number of sulfone groups is 1. The number of rotatable bonds is 9. The minimum atomic E-state index is -3.47. The summed E-state index contributed by atoms with van der Waals surface area (Å²) in [5.74, 6) is -0.128. The number of halogens is 1. The van der Waals surface area contributed by atoms with Gasteiger partial charge in [0, 0.05) is 48.7 Å². The summed E-state index contributed by atoms with van der Waals surface area (Å²) in [7, 11) is -3.47. The molecule has 8 nitrogen and oxygen atoms in total. The summed E-state index contributed by atoms with van der Waals surface area (Å²) < 4.78 is 26.4. The SMILES string of the molecule is CC(=O)c1ccc(S(=O)(=O)C2CCN(CCCN(C(=O)C3CCN(C(C)=O)CC3)c3ccc(C)c(Cl)c3)CC2)cc1. The van der Waals surface area contributed by atoms with E-state index in [2.05, 4.69) is 4.90 Å². The Bertz CT molecular complexity index is 1360. The minimum absolute atomic E-state index is 0.0422. The van der Waals surface area contributed by atoms with Crippen molar-refractivity contribution in [3.05, 3.63) is 58.6 Å². The molecule has 2 fully saturated rings. The maximum absolute atomic E-state index is 13.7. The Hall–Kier alpha value is -2.75. The molecule has 2 saturated heterocycles. The molecular formula is C31H40ClN3O5S. The van der Waals surface area contributed by atoms with Crippen LogP contribution in [0.1, 0.15) is 61.9 Å². The van der Waals surface area contributed by atoms with E-state index in [9.17, 15) is 22.8 Å². The van der Waals surface area contributed by atoms with Crippen molar-refractivity contribution in [3.63, 3.8) is 0 Å². The van der Waals surface area contributed by atoms with Crippen LogP contribution in [0.3, 0.4) is 0 Å². The van der Waals surface area contributed by atoms with Gasteiger partial charge < -0.3 is 14.7 Å². The monoisotopic (exact) mass is 601 g/mol. The molecule has 2 aliphatic rings. The third-order valence-corrected chi connectivity index (χ3v) is 11.1. The van der Waals surface area contributed by atoms with E-state index in [4.69, 9.17) is 11.6 Å². The van der Waals surface area contributed by atoms with E-state index in [0.717, 1.165) is 24.2 Å². The van der Waals surface area contributed by atoms with E-state index < -0.39 is 15.1 Å². The molecule has 0 aliphatic carbocycles. The first-order chi connectivity index (χ1) is 19.5. The lowest BCUT2D eigenvalue weighted by Gasteiger charge is -2.35. The molecule has 0 unspecified atom stereocenters. The molecule has 41 heavy (non-hydrogen) atoms. The van der Waals surface area contributed by atoms with Gasteiger partial charge in [-0.3, -0.25) is 14.4 Å². The molecule has 2 aromatic carbocycles. The number of hydrogen-bond donors (Lipinski definition) is 0. The lowest BCUT2D eigenvalue weighted by Crippen LogP contribution is -2.45. The molecule has 10 heteroatoms. The Morgan fingerprint density at radius 2 is 1.56 bits per heavy atom. The molecule has 2 heterocycles. The molecule has 0 radical (unpaired) electrons. The number of anilines is 1. The molecule has 222 valence electrons. The van der Waals surface area contributed by atoms with Crippen molar-refractivity contribution < 1.29 is 22.8 Å². The van der Waals surface area contributed by atoms with Gasteiger partial charge in [0.05, 0.1) is 10.1 Å². The zero-order valence-corrected chi connectivity index (χ0v) is 25.7. The minimum Gasteiger partial charge on any atom is -0.343 e. The van der Waals surface area contributed by atoms with Crippen LogP contribution in [-0.2, 0) is 19.4 Å². The number of amides is 2. The van der Waals surface area contributed by atoms with Crippen molar-refractivity contribution in [2.24, 2.45) is 5.92 Å². The van der Waals surface area contributed by atoms with Crippen LogP contribution in [-0.4, -0.2) is 80.3 Å². The van der Waals surface area contributed by atoms with E-state index in [-0.39, 0.29) is 28.4 Å². The largest absolute Gasteiger partial charge is 0.343 e. The van der Waals surface area contributed by atoms with E-state index in [1.165, 1.54) is 19.1 Å². The number of Topliss-reactive ketones (excluding diaryl/α,β-unsaturated/α-hetero) is 1. The van der Waals surface area contributed by atoms with Crippen LogP contribution >= 0.6 is 11.6 Å². The summed E-state index contributed by atoms with van der Waals surface area (Å²) in [5, 5.41) is 0.168. The average molecular weight is 602 g/mol. The lowest BCUT2D eigenvalue weighted by molar-refractivity contribution is -0.133. The molecule has 2 aliphatic heterocycles. The standard InChI is InChI=1S/C31H40ClN3O5S/c1-22-5-8-27(21-30(22)32)35(31(38)26-11-19-34(20-12-26)24(3)37)16-4-15-33-17-13-29(14-18-33)41(39,40)28-9-6-25(7-10-28)23(2)36/h5-10,21,26,29H,4,11-20H2,1-3H3. The highest BCUT2D eigenvalue weighted by Gasteiger charge is 2.32. The number of ketones is 1. The van der Waals surface area contributed by atoms with Gasteiger partial charge in [-0.05, 0) is 95.4 Å². The molecule has 0 spiro atoms. The second-order valence-corrected chi connectivity index (χ2v) is 13.9. The van der Waals surface area contributed by atoms with Crippen molar-refractivity contribution >= 4 is 44.7 Å². The van der Waals surface area contributed by atoms with E-state index in [0.29, 0.717) is 69.0 Å². The molecule has 4 rings (SSSR count). The number of aryl methyl sites for hydroxylation is 1. The fourth-order valence-electron chi connectivity index (χ4n) is 5.75. The summed E-state index contributed by atoms with van der Waals surface area (Å²) in [6, 6.07) is 11.9. The van der Waals surface area contributed by atoms with Gasteiger partial charge in [0.1, 0.15) is 0 Å². The molecule has 0 N–H and O–H groups in total. The van der Waals surface area contributed by atoms with Gasteiger partial charge >= 0.3 is 0 Å². The quantitative estimate of drug-likeness (QED) is 0.384. The van der Waals surface area contributed by atoms with Gasteiger partial charge in [-0.15, -0.1) is 0 Å². The maximum atomic E-state index is 13.7. The molecular weight excluding hydrogens is 562 g/mol. The first-order valence-electron chi connectivity index (χ1n) is 14.4. The first kappa shape index (κ1) is 31.2. The number of nitrogens with zero attached hydrogens (tertiary/aromatic N) is 3. The first-order valence-corrected chi connectivity index (χ1v) is 16.3. The predicted octanol–water partition coefficient (Wildman–Crippen LogP) is 4.77. The van der Waals surface area contributed by atoms with E-state index in [1.54, 1.807) is 24.0 Å². The highest BCUT2D eigenvalue weighted by atomic mass is 35.5. The zero-order chi connectivity index (χ0) is 29.7. The Morgan fingerprint density at radius 1 is 0.927 bits per heavy atom. The molecule has 0 atom stereocenters. The Kier molecular flexibility index (Phi) is 10.3. The van der Waals surface area contributed by atoms with Crippen LogP contribution in [0.15, 0.2) is 47.4 Å². The Balaban J connectivity index is 1.34. The molecule has 2 aromatic rings. The predicted molar refractivity (Wildman–Crippen MR) is 161 cm³/mol. The fraction of sp³-hybridized carbons (Fsp3) is 0.516. The highest BCUT2D eigenvalue weighted by molar-refractivity contribution is 7.92. The van der Waals surface area contributed by atoms with Crippen molar-refractivity contribution in [2.75, 3.05) is 44.2 Å². The average Bonchev–Trinajstić information content (AvgIpc) is 2.97. The van der Waals surface area contributed by atoms with Crippen LogP contribution < -0.4 is 4.90 Å². The number of carbonyl (C=O) groups excluding carboxylic acids is 3. The Morgan fingerprint density at radius 3 is 2.12 bits per heavy atom. The van der Waals surface area contributed by atoms with E-state index in [1.807, 2.05) is 30.0 Å². The normalized spacial score (nSPS) is 17.4. The van der Waals surface area contributed by atoms with Crippen LogP contribution in [0.4, 0.5) is 5.69 Å². The van der Waals surface area contributed by atoms with Gasteiger partial charge in [-0.1, -0.05) is 29.8 Å². The molecule has 0 bridgehead atoms. The second-order valence-electron chi connectivity index (χ2n) is 11.2. The number of piperidine rings is 2. The summed E-state index contributed by atoms with van der Waals surface area (Å²) in [6.45, 7) is 8.77. The van der Waals surface area contributed by atoms with Crippen molar-refractivity contribution in [1.29, 1.82) is 0 Å². The molecule has 2 amide bonds. The molecule has 0 aromatic heterocycles. The van der Waals surface area contributed by atoms with Gasteiger partial charge in [0.15, 0.2) is 15.6 Å². The summed E-state index contributed by atoms with van der Waals surface area (Å²) in [5.41, 5.74) is 2.23. The maximum Gasteiger partial charge on any atom is 0.230 e. The Labute approximate surface area is 248 Å². The fourth-order valence-corrected chi connectivity index (χ4v) is 7.65. The van der Waals surface area contributed by atoms with Gasteiger partial charge in [0.2, 0.25) is 11.8 Å². The van der Waals surface area contributed by atoms with Crippen LogP contribution in [0, 0.1) is 12.8 Å². The van der Waals surface area contributed by atoms with Crippen molar-refractivity contribution in [2.45, 2.75) is 63.0 Å². The van der Waals surface area contributed by atoms with Crippen LogP contribution in [0.5, 0.6) is 0 Å². The van der Waals surface area contributed by atoms with E-state index >= 15 is 0 Å². The van der Waals surface area contributed by atoms with Gasteiger partial charge in [0.25, 0.3) is 0 Å². The summed E-state index contributed by atoms with van der Waals surface area (Å²) in [6.07, 6.45) is 3.12. The number of carbonyl (C=O) groups is 3. The third-order valence-electron chi connectivity index (χ3n) is 8.44. The highest BCUT2D eigenvalue weighted by Crippen LogP contribution is 2.29. The lowest BCUT2D eigenvalue weighted by atomic mass is 9.94. The zero-order valence-electron chi connectivity index (χ0n) is 24.1. The smallest absolute Gasteiger partial charge is 0.230 e. The molecule has 0 saturated carbocycles. The van der Waals surface area contributed by atoms with Gasteiger partial charge in [-0.25, -0.2) is 8.42 Å².